The van der Waals surface area contributed by atoms with Crippen molar-refractivity contribution >= 4 is 76.4 Å². The van der Waals surface area contributed by atoms with E-state index in [0.29, 0.717) is 0 Å². The lowest BCUT2D eigenvalue weighted by atomic mass is 9.82. The van der Waals surface area contributed by atoms with E-state index < -0.39 is 64.4 Å². The molecule has 0 atom stereocenters. The van der Waals surface area contributed by atoms with E-state index >= 15 is 0 Å². The zero-order valence-electron chi connectivity index (χ0n) is 18.8. The first-order chi connectivity index (χ1) is 17.6. The molecule has 1 aliphatic carbocycles. The predicted molar refractivity (Wildman–Crippen MR) is 140 cm³/mol. The van der Waals surface area contributed by atoms with Crippen LogP contribution >= 0.6 is 15.9 Å². The van der Waals surface area contributed by atoms with Gasteiger partial charge in [0.1, 0.15) is 9.79 Å². The van der Waals surface area contributed by atoms with Crippen molar-refractivity contribution in [2.24, 2.45) is 0 Å². The van der Waals surface area contributed by atoms with Crippen LogP contribution in [0, 0.1) is 0 Å². The molecule has 0 fully saturated rings. The number of hydrogen-bond acceptors (Lipinski definition) is 9. The Morgan fingerprint density at radius 3 is 1.92 bits per heavy atom. The maximum atomic E-state index is 13.4. The molecular weight excluding hydrogens is 606 g/mol. The zero-order chi connectivity index (χ0) is 28.2. The van der Waals surface area contributed by atoms with E-state index in [1.54, 1.807) is 0 Å². The molecule has 0 aliphatic heterocycles. The van der Waals surface area contributed by atoms with Gasteiger partial charge in [-0.3, -0.25) is 23.5 Å². The molecule has 0 heterocycles. The maximum Gasteiger partial charge on any atom is 0.296 e. The Morgan fingerprint density at radius 2 is 1.39 bits per heavy atom. The first-order valence-corrected chi connectivity index (χ1v) is 13.9. The lowest BCUT2D eigenvalue weighted by molar-refractivity contribution is -0.112. The molecule has 12 nitrogen and oxygen atoms in total. The van der Waals surface area contributed by atoms with Gasteiger partial charge in [-0.1, -0.05) is 30.8 Å². The zero-order valence-corrected chi connectivity index (χ0v) is 22.1. The molecule has 0 saturated heterocycles. The van der Waals surface area contributed by atoms with Crippen LogP contribution in [-0.2, 0) is 25.0 Å². The van der Waals surface area contributed by atoms with E-state index in [2.05, 4.69) is 33.1 Å². The van der Waals surface area contributed by atoms with Crippen molar-refractivity contribution in [3.05, 3.63) is 81.8 Å². The Morgan fingerprint density at radius 1 is 0.842 bits per heavy atom. The van der Waals surface area contributed by atoms with Crippen LogP contribution in [0.5, 0.6) is 0 Å². The smallest absolute Gasteiger partial charge is 0.296 e. The number of fused-ring (bicyclic) bond motifs is 2. The highest BCUT2D eigenvalue weighted by molar-refractivity contribution is 9.12. The number of nitrogen functional groups attached to an aromatic ring is 1. The van der Waals surface area contributed by atoms with Crippen LogP contribution in [0.2, 0.25) is 0 Å². The highest BCUT2D eigenvalue weighted by Gasteiger charge is 2.36. The lowest BCUT2D eigenvalue weighted by Crippen LogP contribution is -2.25. The molecule has 1 amide bonds. The van der Waals surface area contributed by atoms with Gasteiger partial charge in [-0.2, -0.15) is 16.8 Å². The van der Waals surface area contributed by atoms with Gasteiger partial charge in [0.15, 0.2) is 11.6 Å². The van der Waals surface area contributed by atoms with Crippen LogP contribution in [0.15, 0.2) is 69.4 Å². The van der Waals surface area contributed by atoms with Gasteiger partial charge < -0.3 is 16.4 Å². The summed E-state index contributed by atoms with van der Waals surface area (Å²) in [5.41, 5.74) is 3.45. The summed E-state index contributed by atoms with van der Waals surface area (Å²) < 4.78 is 68.0. The maximum absolute atomic E-state index is 13.4. The molecule has 15 heteroatoms. The minimum Gasteiger partial charge on any atom is -0.397 e. The number of nitrogens with two attached hydrogens (primary N) is 1. The Hall–Kier alpha value is -3.89. The van der Waals surface area contributed by atoms with E-state index in [1.807, 2.05) is 0 Å². The van der Waals surface area contributed by atoms with E-state index in [-0.39, 0.29) is 32.5 Å². The summed E-state index contributed by atoms with van der Waals surface area (Å²) in [6.45, 7) is 3.39. The topological polar surface area (TPSA) is 210 Å². The van der Waals surface area contributed by atoms with Crippen molar-refractivity contribution in [1.82, 2.24) is 0 Å². The summed E-state index contributed by atoms with van der Waals surface area (Å²) >= 11 is 2.87. The SMILES string of the molecule is C=C(Br)C(=O)Nc1ccc(Nc2cc(S(=O)(=O)O)c(N)c3c2C(=O)c2ccccc2C3=O)c(S(=O)(=O)O)c1. The van der Waals surface area contributed by atoms with Crippen LogP contribution in [0.25, 0.3) is 0 Å². The van der Waals surface area contributed by atoms with E-state index in [4.69, 9.17) is 5.73 Å². The minimum atomic E-state index is -5.02. The molecule has 6 N–H and O–H groups in total. The summed E-state index contributed by atoms with van der Waals surface area (Å²) in [5.74, 6) is -2.25. The minimum absolute atomic E-state index is 0.0184. The third-order valence-corrected chi connectivity index (χ3v) is 7.66. The number of amides is 1. The molecule has 4 rings (SSSR count). The Kier molecular flexibility index (Phi) is 6.75. The van der Waals surface area contributed by atoms with Gasteiger partial charge in [-0.05, 0) is 40.2 Å². The predicted octanol–water partition coefficient (Wildman–Crippen LogP) is 3.13. The van der Waals surface area contributed by atoms with Crippen molar-refractivity contribution in [3.8, 4) is 0 Å². The van der Waals surface area contributed by atoms with Crippen LogP contribution in [0.4, 0.5) is 22.7 Å². The van der Waals surface area contributed by atoms with Gasteiger partial charge in [0.25, 0.3) is 26.1 Å². The lowest BCUT2D eigenvalue weighted by Gasteiger charge is -2.24. The number of halogens is 1. The number of hydrogen-bond donors (Lipinski definition) is 5. The van der Waals surface area contributed by atoms with Gasteiger partial charge in [-0.25, -0.2) is 0 Å². The summed E-state index contributed by atoms with van der Waals surface area (Å²) in [7, 11) is -9.99. The number of carbonyl (C=O) groups is 3. The molecule has 0 radical (unpaired) electrons. The normalized spacial score (nSPS) is 12.9. The second-order valence-electron chi connectivity index (χ2n) is 7.93. The van der Waals surface area contributed by atoms with Gasteiger partial charge in [0.2, 0.25) is 0 Å². The molecule has 0 saturated carbocycles. The first kappa shape index (κ1) is 27.2. The van der Waals surface area contributed by atoms with Gasteiger partial charge in [-0.15, -0.1) is 0 Å². The second-order valence-corrected chi connectivity index (χ2v) is 11.7. The Labute approximate surface area is 224 Å². The van der Waals surface area contributed by atoms with E-state index in [9.17, 15) is 40.3 Å². The fraction of sp³-hybridized carbons (Fsp3) is 0. The number of nitrogens with one attached hydrogen (secondary N) is 2. The molecule has 0 unspecified atom stereocenters. The van der Waals surface area contributed by atoms with Crippen molar-refractivity contribution in [1.29, 1.82) is 0 Å². The quantitative estimate of drug-likeness (QED) is 0.120. The highest BCUT2D eigenvalue weighted by atomic mass is 79.9. The number of carbonyl (C=O) groups excluding carboxylic acids is 3. The van der Waals surface area contributed by atoms with E-state index in [0.717, 1.165) is 18.2 Å². The molecule has 1 aliphatic rings. The van der Waals surface area contributed by atoms with Crippen molar-refractivity contribution < 1.29 is 40.3 Å². The molecule has 196 valence electrons. The molecule has 0 aromatic heterocycles. The molecule has 38 heavy (non-hydrogen) atoms. The number of anilines is 4. The molecule has 0 bridgehead atoms. The van der Waals surface area contributed by atoms with Crippen molar-refractivity contribution in [2.45, 2.75) is 9.79 Å². The number of rotatable bonds is 6. The molecule has 3 aromatic carbocycles. The van der Waals surface area contributed by atoms with Crippen LogP contribution in [-0.4, -0.2) is 43.4 Å². The van der Waals surface area contributed by atoms with Gasteiger partial charge in [0, 0.05) is 16.8 Å². The molecular formula is C23H16BrN3O9S2. The third-order valence-electron chi connectivity index (χ3n) is 5.51. The fourth-order valence-corrected chi connectivity index (χ4v) is 5.29. The fourth-order valence-electron chi connectivity index (χ4n) is 3.87. The largest absolute Gasteiger partial charge is 0.397 e. The average molecular weight is 622 g/mol. The van der Waals surface area contributed by atoms with Crippen LogP contribution in [0.3, 0.4) is 0 Å². The second kappa shape index (κ2) is 9.45. The summed E-state index contributed by atoms with van der Waals surface area (Å²) in [4.78, 5) is 36.9. The highest BCUT2D eigenvalue weighted by Crippen LogP contribution is 2.41. The average Bonchev–Trinajstić information content (AvgIpc) is 2.82. The standard InChI is InChI=1S/C23H16BrN3O9S2/c1-10(24)23(30)26-11-6-7-14(16(8-11)37(31,32)33)27-15-9-17(38(34,35)36)20(25)19-18(15)21(28)12-4-2-3-5-13(12)22(19)29/h2-9,27H,1,25H2,(H,26,30)(H,31,32,33)(H,34,35,36). The Balaban J connectivity index is 1.96. The van der Waals surface area contributed by atoms with Crippen LogP contribution in [0.1, 0.15) is 31.8 Å². The number of ketones is 2. The molecule has 3 aromatic rings. The summed E-state index contributed by atoms with van der Waals surface area (Å²) in [6.07, 6.45) is 0. The third kappa shape index (κ3) is 4.84. The first-order valence-electron chi connectivity index (χ1n) is 10.3. The van der Waals surface area contributed by atoms with Crippen molar-refractivity contribution in [2.75, 3.05) is 16.4 Å². The van der Waals surface area contributed by atoms with Gasteiger partial charge >= 0.3 is 0 Å². The van der Waals surface area contributed by atoms with E-state index in [1.165, 1.54) is 30.3 Å². The summed E-state index contributed by atoms with van der Waals surface area (Å²) in [6, 6.07) is 9.70. The molecule has 0 spiro atoms. The van der Waals surface area contributed by atoms with Crippen LogP contribution < -0.4 is 16.4 Å². The van der Waals surface area contributed by atoms with Gasteiger partial charge in [0.05, 0.1) is 32.7 Å². The number of benzene rings is 3. The monoisotopic (exact) mass is 621 g/mol. The Bertz CT molecular complexity index is 1820. The van der Waals surface area contributed by atoms with Crippen molar-refractivity contribution in [3.63, 3.8) is 0 Å². The summed E-state index contributed by atoms with van der Waals surface area (Å²) in [5, 5.41) is 4.89.